The SMILES string of the molecule is c1ccc(N(c2ccc(-c3ccc4ccccc4c3)cc2)c2ccc(-c3cccc4oc5ccccc5c34)cc2)c(-c2ccc(-c3ccc4ccc5ccccc5c4c3)cc2)c1. The molecule has 0 saturated heterocycles. The van der Waals surface area contributed by atoms with Crippen molar-refractivity contribution in [1.29, 1.82) is 0 Å². The van der Waals surface area contributed by atoms with Gasteiger partial charge in [-0.3, -0.25) is 0 Å². The first-order valence-corrected chi connectivity index (χ1v) is 21.2. The Hall–Kier alpha value is -8.20. The Labute approximate surface area is 360 Å². The first kappa shape index (κ1) is 35.7. The lowest BCUT2D eigenvalue weighted by Gasteiger charge is -2.28. The Morgan fingerprint density at radius 1 is 0.274 bits per heavy atom. The molecule has 1 aromatic heterocycles. The van der Waals surface area contributed by atoms with E-state index in [1.807, 2.05) is 12.1 Å². The number of fused-ring (bicyclic) bond motifs is 7. The molecule has 0 atom stereocenters. The summed E-state index contributed by atoms with van der Waals surface area (Å²) in [5.41, 5.74) is 14.5. The second-order valence-corrected chi connectivity index (χ2v) is 16.1. The van der Waals surface area contributed by atoms with Crippen LogP contribution in [0.25, 0.3) is 98.8 Å². The second-order valence-electron chi connectivity index (χ2n) is 16.1. The van der Waals surface area contributed by atoms with Crippen molar-refractivity contribution in [3.05, 3.63) is 237 Å². The summed E-state index contributed by atoms with van der Waals surface area (Å²) < 4.78 is 6.27. The number of rotatable bonds is 7. The summed E-state index contributed by atoms with van der Waals surface area (Å²) in [6.07, 6.45) is 0. The van der Waals surface area contributed by atoms with Gasteiger partial charge in [-0.2, -0.15) is 0 Å². The van der Waals surface area contributed by atoms with Crippen molar-refractivity contribution in [3.63, 3.8) is 0 Å². The van der Waals surface area contributed by atoms with Crippen LogP contribution >= 0.6 is 0 Å². The quantitative estimate of drug-likeness (QED) is 0.150. The zero-order valence-corrected chi connectivity index (χ0v) is 33.9. The number of anilines is 3. The van der Waals surface area contributed by atoms with E-state index in [1.165, 1.54) is 54.6 Å². The van der Waals surface area contributed by atoms with Gasteiger partial charge in [0.2, 0.25) is 0 Å². The lowest BCUT2D eigenvalue weighted by atomic mass is 9.95. The fourth-order valence-electron chi connectivity index (χ4n) is 9.34. The van der Waals surface area contributed by atoms with E-state index in [1.54, 1.807) is 0 Å². The Morgan fingerprint density at radius 2 is 0.758 bits per heavy atom. The van der Waals surface area contributed by atoms with Gasteiger partial charge in [-0.1, -0.05) is 182 Å². The summed E-state index contributed by atoms with van der Waals surface area (Å²) in [6.45, 7) is 0. The zero-order chi connectivity index (χ0) is 41.0. The van der Waals surface area contributed by atoms with Crippen molar-refractivity contribution in [3.8, 4) is 44.5 Å². The number of nitrogens with zero attached hydrogens (tertiary/aromatic N) is 1. The maximum Gasteiger partial charge on any atom is 0.136 e. The molecular weight excluding hydrogens is 751 g/mol. The molecule has 0 bridgehead atoms. The van der Waals surface area contributed by atoms with Crippen LogP contribution in [0.2, 0.25) is 0 Å². The van der Waals surface area contributed by atoms with Crippen LogP contribution in [0.3, 0.4) is 0 Å². The van der Waals surface area contributed by atoms with Gasteiger partial charge in [0.25, 0.3) is 0 Å². The highest BCUT2D eigenvalue weighted by Gasteiger charge is 2.19. The summed E-state index contributed by atoms with van der Waals surface area (Å²) in [5, 5.41) is 9.83. The summed E-state index contributed by atoms with van der Waals surface area (Å²) in [4.78, 5) is 2.39. The highest BCUT2D eigenvalue weighted by Crippen LogP contribution is 2.44. The minimum atomic E-state index is 0.898. The molecule has 0 amide bonds. The van der Waals surface area contributed by atoms with E-state index in [2.05, 4.69) is 229 Å². The van der Waals surface area contributed by atoms with Crippen molar-refractivity contribution in [2.75, 3.05) is 4.90 Å². The van der Waals surface area contributed by atoms with Crippen LogP contribution < -0.4 is 4.90 Å². The van der Waals surface area contributed by atoms with Gasteiger partial charge in [0.05, 0.1) is 5.69 Å². The van der Waals surface area contributed by atoms with Gasteiger partial charge in [-0.05, 0) is 126 Å². The van der Waals surface area contributed by atoms with Gasteiger partial charge in [0.15, 0.2) is 0 Å². The molecular formula is C60H39NO. The highest BCUT2D eigenvalue weighted by atomic mass is 16.3. The molecule has 0 spiro atoms. The smallest absolute Gasteiger partial charge is 0.136 e. The molecule has 0 aliphatic heterocycles. The normalized spacial score (nSPS) is 11.5. The molecule has 12 rings (SSSR count). The number of benzene rings is 11. The summed E-state index contributed by atoms with van der Waals surface area (Å²) in [7, 11) is 0. The molecule has 12 aromatic rings. The third-order valence-electron chi connectivity index (χ3n) is 12.5. The fraction of sp³-hybridized carbons (Fsp3) is 0. The first-order chi connectivity index (χ1) is 30.7. The molecule has 0 unspecified atom stereocenters. The van der Waals surface area contributed by atoms with Crippen LogP contribution in [0.1, 0.15) is 0 Å². The summed E-state index contributed by atoms with van der Waals surface area (Å²) >= 11 is 0. The van der Waals surface area contributed by atoms with Gasteiger partial charge in [-0.25, -0.2) is 0 Å². The molecule has 0 aliphatic carbocycles. The number of furan rings is 1. The van der Waals surface area contributed by atoms with Gasteiger partial charge in [0.1, 0.15) is 11.2 Å². The van der Waals surface area contributed by atoms with E-state index >= 15 is 0 Å². The van der Waals surface area contributed by atoms with Crippen molar-refractivity contribution in [2.45, 2.75) is 0 Å². The average molecular weight is 790 g/mol. The molecule has 2 heteroatoms. The lowest BCUT2D eigenvalue weighted by Crippen LogP contribution is -2.11. The molecule has 11 aromatic carbocycles. The first-order valence-electron chi connectivity index (χ1n) is 21.2. The number of hydrogen-bond acceptors (Lipinski definition) is 2. The molecule has 0 aliphatic rings. The molecule has 0 saturated carbocycles. The molecule has 0 fully saturated rings. The maximum atomic E-state index is 6.27. The summed E-state index contributed by atoms with van der Waals surface area (Å²) in [6, 6.07) is 85.6. The molecule has 0 radical (unpaired) electrons. The number of para-hydroxylation sites is 2. The fourth-order valence-corrected chi connectivity index (χ4v) is 9.34. The minimum Gasteiger partial charge on any atom is -0.456 e. The van der Waals surface area contributed by atoms with Crippen LogP contribution in [0.4, 0.5) is 17.1 Å². The Kier molecular flexibility index (Phi) is 8.53. The third kappa shape index (κ3) is 6.20. The average Bonchev–Trinajstić information content (AvgIpc) is 3.74. The summed E-state index contributed by atoms with van der Waals surface area (Å²) in [5.74, 6) is 0. The van der Waals surface area contributed by atoms with E-state index in [4.69, 9.17) is 4.42 Å². The Bertz CT molecular complexity index is 3620. The number of hydrogen-bond donors (Lipinski definition) is 0. The molecule has 1 heterocycles. The van der Waals surface area contributed by atoms with Crippen molar-refractivity contribution in [2.24, 2.45) is 0 Å². The molecule has 62 heavy (non-hydrogen) atoms. The topological polar surface area (TPSA) is 16.4 Å². The van der Waals surface area contributed by atoms with E-state index in [0.29, 0.717) is 0 Å². The van der Waals surface area contributed by atoms with Crippen LogP contribution in [-0.2, 0) is 0 Å². The van der Waals surface area contributed by atoms with Gasteiger partial charge >= 0.3 is 0 Å². The third-order valence-corrected chi connectivity index (χ3v) is 12.5. The molecule has 2 nitrogen and oxygen atoms in total. The van der Waals surface area contributed by atoms with Crippen LogP contribution in [0.5, 0.6) is 0 Å². The van der Waals surface area contributed by atoms with Crippen molar-refractivity contribution in [1.82, 2.24) is 0 Å². The monoisotopic (exact) mass is 789 g/mol. The van der Waals surface area contributed by atoms with Crippen LogP contribution in [0, 0.1) is 0 Å². The largest absolute Gasteiger partial charge is 0.456 e. The highest BCUT2D eigenvalue weighted by molar-refractivity contribution is 6.12. The molecule has 0 N–H and O–H groups in total. The minimum absolute atomic E-state index is 0.898. The van der Waals surface area contributed by atoms with Gasteiger partial charge < -0.3 is 9.32 Å². The Morgan fingerprint density at radius 3 is 1.53 bits per heavy atom. The van der Waals surface area contributed by atoms with E-state index in [9.17, 15) is 0 Å². The van der Waals surface area contributed by atoms with Crippen molar-refractivity contribution >= 4 is 71.3 Å². The van der Waals surface area contributed by atoms with Crippen LogP contribution in [-0.4, -0.2) is 0 Å². The second kappa shape index (κ2) is 14.8. The van der Waals surface area contributed by atoms with Crippen LogP contribution in [0.15, 0.2) is 241 Å². The predicted molar refractivity (Wildman–Crippen MR) is 263 cm³/mol. The standard InChI is InChI=1S/C60H39NO/c1-2-12-47-38-48(28-22-40(47)10-1)42-30-34-50(35-31-42)61(51-36-32-45(33-37-51)54-16-9-19-59-60(54)55-15-6-8-18-58(55)62-59)57-17-7-5-14-53(57)44-23-20-41(21-24-44)49-29-27-46-26-25-43-11-3-4-13-52(43)56(46)39-49/h1-39H. The van der Waals surface area contributed by atoms with E-state index < -0.39 is 0 Å². The zero-order valence-electron chi connectivity index (χ0n) is 33.9. The Balaban J connectivity index is 0.950. The maximum absolute atomic E-state index is 6.27. The van der Waals surface area contributed by atoms with Crippen molar-refractivity contribution < 1.29 is 4.42 Å². The van der Waals surface area contributed by atoms with Gasteiger partial charge in [0, 0.05) is 27.7 Å². The van der Waals surface area contributed by atoms with E-state index in [0.717, 1.165) is 61.3 Å². The lowest BCUT2D eigenvalue weighted by molar-refractivity contribution is 0.669. The van der Waals surface area contributed by atoms with E-state index in [-0.39, 0.29) is 0 Å². The predicted octanol–water partition coefficient (Wildman–Crippen LogP) is 17.2. The van der Waals surface area contributed by atoms with Gasteiger partial charge in [-0.15, -0.1) is 0 Å². The molecule has 290 valence electrons.